The highest BCUT2D eigenvalue weighted by Gasteiger charge is 2.37. The molecule has 0 aliphatic carbocycles. The molecule has 1 fully saturated rings. The van der Waals surface area contributed by atoms with Crippen molar-refractivity contribution >= 4 is 34.3 Å². The molecule has 1 saturated heterocycles. The zero-order chi connectivity index (χ0) is 29.2. The van der Waals surface area contributed by atoms with Crippen LogP contribution in [0.5, 0.6) is 11.5 Å². The fourth-order valence-electron chi connectivity index (χ4n) is 5.25. The van der Waals surface area contributed by atoms with E-state index in [1.54, 1.807) is 18.2 Å². The summed E-state index contributed by atoms with van der Waals surface area (Å²) in [6.45, 7) is 1.84. The lowest BCUT2D eigenvalue weighted by Crippen LogP contribution is -2.47. The van der Waals surface area contributed by atoms with Crippen LogP contribution in [0.2, 0.25) is 0 Å². The zero-order valence-corrected chi connectivity index (χ0v) is 22.8. The topological polar surface area (TPSA) is 125 Å². The SMILES string of the molecule is CC(=O)c1cc2c(cc1N(C(=O)Cn1nnc3ccccc31)[C@H](C(=O)NC[C@@H]1CCCO1)c1ccc(F)cc1)OCO2. The van der Waals surface area contributed by atoms with E-state index in [0.29, 0.717) is 34.7 Å². The van der Waals surface area contributed by atoms with Gasteiger partial charge in [0, 0.05) is 24.8 Å². The largest absolute Gasteiger partial charge is 0.454 e. The lowest BCUT2D eigenvalue weighted by molar-refractivity contribution is -0.127. The van der Waals surface area contributed by atoms with Crippen molar-refractivity contribution in [2.45, 2.75) is 38.5 Å². The van der Waals surface area contributed by atoms with E-state index in [0.717, 1.165) is 12.8 Å². The summed E-state index contributed by atoms with van der Waals surface area (Å²) in [7, 11) is 0. The van der Waals surface area contributed by atoms with Crippen LogP contribution in [0, 0.1) is 5.82 Å². The van der Waals surface area contributed by atoms with Gasteiger partial charge in [-0.3, -0.25) is 19.3 Å². The smallest absolute Gasteiger partial charge is 0.249 e. The molecule has 2 atom stereocenters. The minimum atomic E-state index is -1.28. The molecule has 3 heterocycles. The summed E-state index contributed by atoms with van der Waals surface area (Å²) in [5, 5.41) is 11.2. The molecule has 0 radical (unpaired) electrons. The van der Waals surface area contributed by atoms with Crippen molar-refractivity contribution in [3.05, 3.63) is 77.6 Å². The van der Waals surface area contributed by atoms with E-state index in [9.17, 15) is 18.8 Å². The van der Waals surface area contributed by atoms with E-state index in [4.69, 9.17) is 14.2 Å². The second-order valence-electron chi connectivity index (χ2n) is 10.1. The Hall–Kier alpha value is -4.84. The number of carbonyl (C=O) groups excluding carboxylic acids is 3. The van der Waals surface area contributed by atoms with Crippen LogP contribution in [-0.2, 0) is 20.9 Å². The first-order chi connectivity index (χ1) is 20.4. The van der Waals surface area contributed by atoms with Crippen LogP contribution in [0.3, 0.4) is 0 Å². The van der Waals surface area contributed by atoms with Gasteiger partial charge in [0.05, 0.1) is 17.3 Å². The van der Waals surface area contributed by atoms with Gasteiger partial charge in [-0.15, -0.1) is 5.10 Å². The zero-order valence-electron chi connectivity index (χ0n) is 22.8. The van der Waals surface area contributed by atoms with E-state index >= 15 is 0 Å². The number of fused-ring (bicyclic) bond motifs is 2. The highest BCUT2D eigenvalue weighted by Crippen LogP contribution is 2.41. The third-order valence-electron chi connectivity index (χ3n) is 7.32. The summed E-state index contributed by atoms with van der Waals surface area (Å²) in [5.41, 5.74) is 1.83. The van der Waals surface area contributed by atoms with Crippen molar-refractivity contribution in [1.29, 1.82) is 0 Å². The van der Waals surface area contributed by atoms with Gasteiger partial charge in [-0.1, -0.05) is 29.5 Å². The Morgan fingerprint density at radius 1 is 1.10 bits per heavy atom. The summed E-state index contributed by atoms with van der Waals surface area (Å²) in [6, 6.07) is 14.2. The molecular formula is C30H28FN5O6. The van der Waals surface area contributed by atoms with Crippen LogP contribution < -0.4 is 19.7 Å². The second-order valence-corrected chi connectivity index (χ2v) is 10.1. The molecule has 1 N–H and O–H groups in total. The monoisotopic (exact) mass is 573 g/mol. The van der Waals surface area contributed by atoms with Gasteiger partial charge in [0.2, 0.25) is 18.6 Å². The van der Waals surface area contributed by atoms with Gasteiger partial charge in [0.1, 0.15) is 23.9 Å². The number of ketones is 1. The molecule has 216 valence electrons. The number of hydrogen-bond donors (Lipinski definition) is 1. The summed E-state index contributed by atoms with van der Waals surface area (Å²) in [6.07, 6.45) is 1.52. The van der Waals surface area contributed by atoms with Crippen molar-refractivity contribution in [1.82, 2.24) is 20.3 Å². The lowest BCUT2D eigenvalue weighted by Gasteiger charge is -2.33. The molecule has 6 rings (SSSR count). The molecule has 1 aromatic heterocycles. The van der Waals surface area contributed by atoms with Gasteiger partial charge < -0.3 is 19.5 Å². The highest BCUT2D eigenvalue weighted by molar-refractivity contribution is 6.08. The summed E-state index contributed by atoms with van der Waals surface area (Å²) >= 11 is 0. The molecule has 2 aliphatic rings. The Bertz CT molecular complexity index is 1650. The normalized spacial score (nSPS) is 16.4. The molecule has 12 heteroatoms. The molecule has 11 nitrogen and oxygen atoms in total. The number of nitrogens with zero attached hydrogens (tertiary/aromatic N) is 4. The fourth-order valence-corrected chi connectivity index (χ4v) is 5.25. The number of rotatable bonds is 9. The third-order valence-corrected chi connectivity index (χ3v) is 7.32. The van der Waals surface area contributed by atoms with Crippen molar-refractivity contribution in [2.24, 2.45) is 0 Å². The number of aromatic nitrogens is 3. The van der Waals surface area contributed by atoms with Crippen molar-refractivity contribution < 1.29 is 33.0 Å². The predicted molar refractivity (Wildman–Crippen MR) is 149 cm³/mol. The first kappa shape index (κ1) is 27.3. The maximum atomic E-state index is 14.4. The van der Waals surface area contributed by atoms with E-state index in [-0.39, 0.29) is 43.0 Å². The molecule has 0 saturated carbocycles. The number of para-hydroxylation sites is 1. The van der Waals surface area contributed by atoms with Gasteiger partial charge in [-0.2, -0.15) is 0 Å². The fraction of sp³-hybridized carbons (Fsp3) is 0.300. The summed E-state index contributed by atoms with van der Waals surface area (Å²) in [4.78, 5) is 42.5. The van der Waals surface area contributed by atoms with E-state index in [1.807, 2.05) is 6.07 Å². The molecular weight excluding hydrogens is 545 g/mol. The molecule has 0 unspecified atom stereocenters. The van der Waals surface area contributed by atoms with Crippen LogP contribution >= 0.6 is 0 Å². The van der Waals surface area contributed by atoms with Crippen LogP contribution in [0.1, 0.15) is 41.7 Å². The van der Waals surface area contributed by atoms with Gasteiger partial charge in [0.15, 0.2) is 17.3 Å². The number of halogens is 1. The van der Waals surface area contributed by atoms with Crippen molar-refractivity contribution in [3.63, 3.8) is 0 Å². The Morgan fingerprint density at radius 3 is 2.60 bits per heavy atom. The predicted octanol–water partition coefficient (Wildman–Crippen LogP) is 3.57. The Balaban J connectivity index is 1.47. The first-order valence-corrected chi connectivity index (χ1v) is 13.6. The number of amides is 2. The molecule has 3 aromatic carbocycles. The van der Waals surface area contributed by atoms with Crippen molar-refractivity contribution in [2.75, 3.05) is 24.8 Å². The number of carbonyl (C=O) groups is 3. The lowest BCUT2D eigenvalue weighted by atomic mass is 9.99. The van der Waals surface area contributed by atoms with Crippen LogP contribution in [0.25, 0.3) is 11.0 Å². The van der Waals surface area contributed by atoms with E-state index in [1.165, 1.54) is 52.9 Å². The number of benzene rings is 3. The number of nitrogens with one attached hydrogen (secondary N) is 1. The van der Waals surface area contributed by atoms with Gasteiger partial charge >= 0.3 is 0 Å². The van der Waals surface area contributed by atoms with Gasteiger partial charge in [-0.05, 0) is 55.7 Å². The number of Topliss-reactive ketones (excluding diaryl/α,β-unsaturated/α-hetero) is 1. The molecule has 2 amide bonds. The second kappa shape index (κ2) is 11.6. The standard InChI is InChI=1S/C30H28FN5O6/c1-18(37)22-13-26-27(42-17-41-26)14-25(22)36(28(38)16-35-24-7-3-2-6-23(24)33-34-35)29(19-8-10-20(31)11-9-19)30(39)32-15-21-5-4-12-40-21/h2-3,6-11,13-14,21,29H,4-5,12,15-17H2,1H3,(H,32,39)/t21-,29-/m0/s1. The molecule has 4 aromatic rings. The molecule has 42 heavy (non-hydrogen) atoms. The number of anilines is 1. The van der Waals surface area contributed by atoms with Crippen LogP contribution in [-0.4, -0.2) is 58.6 Å². The average molecular weight is 574 g/mol. The van der Waals surface area contributed by atoms with Crippen LogP contribution in [0.15, 0.2) is 60.7 Å². The highest BCUT2D eigenvalue weighted by atomic mass is 19.1. The molecule has 0 bridgehead atoms. The minimum absolute atomic E-state index is 0.0573. The Labute approximate surface area is 240 Å². The Kier molecular flexibility index (Phi) is 7.53. The maximum Gasteiger partial charge on any atom is 0.249 e. The third kappa shape index (κ3) is 5.40. The van der Waals surface area contributed by atoms with Crippen molar-refractivity contribution in [3.8, 4) is 11.5 Å². The van der Waals surface area contributed by atoms with Crippen LogP contribution in [0.4, 0.5) is 10.1 Å². The number of ether oxygens (including phenoxy) is 3. The minimum Gasteiger partial charge on any atom is -0.454 e. The van der Waals surface area contributed by atoms with E-state index in [2.05, 4.69) is 15.6 Å². The first-order valence-electron chi connectivity index (χ1n) is 13.6. The molecule has 0 spiro atoms. The maximum absolute atomic E-state index is 14.4. The quantitative estimate of drug-likeness (QED) is 0.302. The summed E-state index contributed by atoms with van der Waals surface area (Å²) in [5.74, 6) is -1.28. The average Bonchev–Trinajstić information content (AvgIpc) is 3.76. The van der Waals surface area contributed by atoms with Gasteiger partial charge in [0.25, 0.3) is 0 Å². The van der Waals surface area contributed by atoms with Gasteiger partial charge in [-0.25, -0.2) is 9.07 Å². The Morgan fingerprint density at radius 2 is 1.86 bits per heavy atom. The molecule has 2 aliphatic heterocycles. The number of hydrogen-bond acceptors (Lipinski definition) is 8. The summed E-state index contributed by atoms with van der Waals surface area (Å²) < 4.78 is 32.2. The van der Waals surface area contributed by atoms with E-state index < -0.39 is 23.7 Å².